The molecule has 5 nitrogen and oxygen atoms in total. The van der Waals surface area contributed by atoms with E-state index in [1.807, 2.05) is 12.1 Å². The Morgan fingerprint density at radius 3 is 2.29 bits per heavy atom. The van der Waals surface area contributed by atoms with Crippen molar-refractivity contribution in [3.05, 3.63) is 35.4 Å². The number of ether oxygens (including phenoxy) is 1. The van der Waals surface area contributed by atoms with Crippen LogP contribution in [0.15, 0.2) is 24.3 Å². The van der Waals surface area contributed by atoms with E-state index in [1.54, 1.807) is 12.1 Å². The molecule has 21 heavy (non-hydrogen) atoms. The van der Waals surface area contributed by atoms with Gasteiger partial charge in [0.2, 0.25) is 0 Å². The average molecular weight is 295 g/mol. The van der Waals surface area contributed by atoms with Gasteiger partial charge in [0.15, 0.2) is 0 Å². The standard InChI is InChI=1S/C16H25NO4/c1-16(2,3)17-10-11-5-7-12(8-6-11)15(20)13(18)9-14(19)21-4/h5-8,13,15,17-18,20H,9-10H2,1-4H3. The lowest BCUT2D eigenvalue weighted by atomic mass is 10.0. The second-order valence-electron chi connectivity index (χ2n) is 6.14. The van der Waals surface area contributed by atoms with Gasteiger partial charge >= 0.3 is 5.97 Å². The molecule has 0 fully saturated rings. The van der Waals surface area contributed by atoms with Crippen molar-refractivity contribution >= 4 is 5.97 Å². The number of aliphatic hydroxyl groups excluding tert-OH is 2. The first-order valence-corrected chi connectivity index (χ1v) is 7.00. The van der Waals surface area contributed by atoms with Crippen molar-refractivity contribution in [2.45, 2.75) is 51.5 Å². The molecular formula is C16H25NO4. The summed E-state index contributed by atoms with van der Waals surface area (Å²) in [4.78, 5) is 11.1. The molecule has 1 rings (SSSR count). The van der Waals surface area contributed by atoms with E-state index >= 15 is 0 Å². The molecule has 0 spiro atoms. The van der Waals surface area contributed by atoms with Gasteiger partial charge in [-0.2, -0.15) is 0 Å². The van der Waals surface area contributed by atoms with Crippen LogP contribution in [0.5, 0.6) is 0 Å². The van der Waals surface area contributed by atoms with E-state index in [0.717, 1.165) is 12.1 Å². The fourth-order valence-electron chi connectivity index (χ4n) is 1.79. The van der Waals surface area contributed by atoms with Crippen LogP contribution in [0.25, 0.3) is 0 Å². The molecule has 5 heteroatoms. The number of benzene rings is 1. The van der Waals surface area contributed by atoms with E-state index in [2.05, 4.69) is 30.8 Å². The highest BCUT2D eigenvalue weighted by Gasteiger charge is 2.21. The second-order valence-corrected chi connectivity index (χ2v) is 6.14. The summed E-state index contributed by atoms with van der Waals surface area (Å²) < 4.78 is 4.47. The molecule has 0 aliphatic rings. The molecular weight excluding hydrogens is 270 g/mol. The summed E-state index contributed by atoms with van der Waals surface area (Å²) in [7, 11) is 1.25. The van der Waals surface area contributed by atoms with Gasteiger partial charge < -0.3 is 20.3 Å². The maximum Gasteiger partial charge on any atom is 0.308 e. The summed E-state index contributed by atoms with van der Waals surface area (Å²) in [5.41, 5.74) is 1.70. The first-order chi connectivity index (χ1) is 9.73. The first kappa shape index (κ1) is 17.6. The monoisotopic (exact) mass is 295 g/mol. The number of carbonyl (C=O) groups excluding carboxylic acids is 1. The quantitative estimate of drug-likeness (QED) is 0.694. The fraction of sp³-hybridized carbons (Fsp3) is 0.562. The number of rotatable bonds is 6. The summed E-state index contributed by atoms with van der Waals surface area (Å²) in [6, 6.07) is 7.29. The smallest absolute Gasteiger partial charge is 0.308 e. The number of hydrogen-bond donors (Lipinski definition) is 3. The maximum absolute atomic E-state index is 11.1. The van der Waals surface area contributed by atoms with Crippen LogP contribution < -0.4 is 5.32 Å². The number of carbonyl (C=O) groups is 1. The molecule has 2 atom stereocenters. The first-order valence-electron chi connectivity index (χ1n) is 7.00. The summed E-state index contributed by atoms with van der Waals surface area (Å²) in [5.74, 6) is -0.549. The predicted molar refractivity (Wildman–Crippen MR) is 80.6 cm³/mol. The van der Waals surface area contributed by atoms with Crippen LogP contribution in [0, 0.1) is 0 Å². The fourth-order valence-corrected chi connectivity index (χ4v) is 1.79. The minimum atomic E-state index is -1.17. The Hall–Kier alpha value is -1.43. The Kier molecular flexibility index (Phi) is 6.33. The number of hydrogen-bond acceptors (Lipinski definition) is 5. The molecule has 0 aromatic heterocycles. The molecule has 0 amide bonds. The van der Waals surface area contributed by atoms with Crippen molar-refractivity contribution in [2.75, 3.05) is 7.11 Å². The van der Waals surface area contributed by atoms with E-state index in [4.69, 9.17) is 0 Å². The Morgan fingerprint density at radius 2 is 1.81 bits per heavy atom. The third-order valence-electron chi connectivity index (χ3n) is 3.11. The van der Waals surface area contributed by atoms with E-state index in [0.29, 0.717) is 5.56 Å². The zero-order valence-electron chi connectivity index (χ0n) is 13.1. The molecule has 0 bridgehead atoms. The van der Waals surface area contributed by atoms with Crippen LogP contribution >= 0.6 is 0 Å². The minimum Gasteiger partial charge on any atom is -0.469 e. The van der Waals surface area contributed by atoms with E-state index < -0.39 is 18.2 Å². The van der Waals surface area contributed by atoms with Crippen LogP contribution in [0.1, 0.15) is 44.4 Å². The number of nitrogens with one attached hydrogen (secondary N) is 1. The molecule has 0 radical (unpaired) electrons. The molecule has 0 saturated carbocycles. The molecule has 118 valence electrons. The maximum atomic E-state index is 11.1. The third-order valence-corrected chi connectivity index (χ3v) is 3.11. The molecule has 0 saturated heterocycles. The highest BCUT2D eigenvalue weighted by atomic mass is 16.5. The summed E-state index contributed by atoms with van der Waals surface area (Å²) in [6.07, 6.45) is -2.50. The molecule has 0 heterocycles. The molecule has 0 aliphatic carbocycles. The SMILES string of the molecule is COC(=O)CC(O)C(O)c1ccc(CNC(C)(C)C)cc1. The average Bonchev–Trinajstić information content (AvgIpc) is 2.43. The van der Waals surface area contributed by atoms with Gasteiger partial charge in [-0.15, -0.1) is 0 Å². The van der Waals surface area contributed by atoms with E-state index in [-0.39, 0.29) is 12.0 Å². The summed E-state index contributed by atoms with van der Waals surface area (Å²) >= 11 is 0. The number of methoxy groups -OCH3 is 1. The third kappa shape index (κ3) is 6.25. The van der Waals surface area contributed by atoms with Crippen molar-refractivity contribution < 1.29 is 19.7 Å². The van der Waals surface area contributed by atoms with Crippen molar-refractivity contribution in [3.63, 3.8) is 0 Å². The van der Waals surface area contributed by atoms with Gasteiger partial charge in [0.05, 0.1) is 19.6 Å². The van der Waals surface area contributed by atoms with E-state index in [9.17, 15) is 15.0 Å². The van der Waals surface area contributed by atoms with Gasteiger partial charge in [-0.05, 0) is 31.9 Å². The number of esters is 1. The minimum absolute atomic E-state index is 0.0366. The van der Waals surface area contributed by atoms with Gasteiger partial charge in [-0.3, -0.25) is 4.79 Å². The Labute approximate surface area is 125 Å². The van der Waals surface area contributed by atoms with Crippen LogP contribution in [0.3, 0.4) is 0 Å². The molecule has 3 N–H and O–H groups in total. The van der Waals surface area contributed by atoms with Gasteiger partial charge in [0, 0.05) is 12.1 Å². The van der Waals surface area contributed by atoms with Crippen LogP contribution in [0.2, 0.25) is 0 Å². The van der Waals surface area contributed by atoms with Crippen molar-refractivity contribution in [1.82, 2.24) is 5.32 Å². The Morgan fingerprint density at radius 1 is 1.24 bits per heavy atom. The summed E-state index contributed by atoms with van der Waals surface area (Å²) in [6.45, 7) is 7.00. The van der Waals surface area contributed by atoms with Crippen molar-refractivity contribution in [3.8, 4) is 0 Å². The normalized spacial score (nSPS) is 14.6. The van der Waals surface area contributed by atoms with Gasteiger partial charge in [0.25, 0.3) is 0 Å². The molecule has 0 aliphatic heterocycles. The largest absolute Gasteiger partial charge is 0.469 e. The van der Waals surface area contributed by atoms with Crippen LogP contribution in [-0.4, -0.2) is 34.9 Å². The predicted octanol–water partition coefficient (Wildman–Crippen LogP) is 1.53. The van der Waals surface area contributed by atoms with Crippen LogP contribution in [-0.2, 0) is 16.1 Å². The van der Waals surface area contributed by atoms with Crippen LogP contribution in [0.4, 0.5) is 0 Å². The highest BCUT2D eigenvalue weighted by molar-refractivity contribution is 5.69. The van der Waals surface area contributed by atoms with Crippen molar-refractivity contribution in [1.29, 1.82) is 0 Å². The molecule has 2 unspecified atom stereocenters. The van der Waals surface area contributed by atoms with E-state index in [1.165, 1.54) is 7.11 Å². The lowest BCUT2D eigenvalue weighted by Crippen LogP contribution is -2.35. The topological polar surface area (TPSA) is 78.8 Å². The van der Waals surface area contributed by atoms with Gasteiger partial charge in [0.1, 0.15) is 6.10 Å². The zero-order chi connectivity index (χ0) is 16.0. The van der Waals surface area contributed by atoms with Gasteiger partial charge in [-0.25, -0.2) is 0 Å². The molecule has 1 aromatic carbocycles. The lowest BCUT2D eigenvalue weighted by Gasteiger charge is -2.21. The van der Waals surface area contributed by atoms with Crippen molar-refractivity contribution in [2.24, 2.45) is 0 Å². The Balaban J connectivity index is 2.62. The second kappa shape index (κ2) is 7.54. The molecule has 1 aromatic rings. The van der Waals surface area contributed by atoms with Gasteiger partial charge in [-0.1, -0.05) is 24.3 Å². The summed E-state index contributed by atoms with van der Waals surface area (Å²) in [5, 5.41) is 23.2. The Bertz CT molecular complexity index is 450. The lowest BCUT2D eigenvalue weighted by molar-refractivity contribution is -0.144. The highest BCUT2D eigenvalue weighted by Crippen LogP contribution is 2.20. The zero-order valence-corrected chi connectivity index (χ0v) is 13.1. The number of aliphatic hydroxyl groups is 2.